The van der Waals surface area contributed by atoms with Crippen LogP contribution < -0.4 is 10.6 Å². The fraction of sp³-hybridized carbons (Fsp3) is 0.923. The summed E-state index contributed by atoms with van der Waals surface area (Å²) in [6, 6.07) is 0.450. The molecular formula is C13H25N3O. The number of carbonyl (C=O) groups excluding carboxylic acids is 1. The molecule has 1 unspecified atom stereocenters. The number of hydrogen-bond acceptors (Lipinski definition) is 3. The summed E-state index contributed by atoms with van der Waals surface area (Å²) in [6.45, 7) is 2.64. The van der Waals surface area contributed by atoms with Gasteiger partial charge in [-0.15, -0.1) is 0 Å². The van der Waals surface area contributed by atoms with E-state index in [1.54, 1.807) is 0 Å². The van der Waals surface area contributed by atoms with E-state index in [1.165, 1.54) is 38.5 Å². The van der Waals surface area contributed by atoms with Crippen LogP contribution in [0, 0.1) is 0 Å². The molecule has 1 saturated heterocycles. The van der Waals surface area contributed by atoms with E-state index < -0.39 is 0 Å². The predicted molar refractivity (Wildman–Crippen MR) is 68.9 cm³/mol. The Morgan fingerprint density at radius 3 is 2.41 bits per heavy atom. The average Bonchev–Trinajstić information content (AvgIpc) is 2.67. The minimum Gasteiger partial charge on any atom is -0.341 e. The Morgan fingerprint density at radius 2 is 1.82 bits per heavy atom. The lowest BCUT2D eigenvalue weighted by molar-refractivity contribution is -0.134. The van der Waals surface area contributed by atoms with Gasteiger partial charge in [0.2, 0.25) is 5.91 Å². The Hall–Kier alpha value is -0.610. The number of nitrogens with one attached hydrogen (secondary N) is 2. The molecule has 4 nitrogen and oxygen atoms in total. The molecule has 4 heteroatoms. The van der Waals surface area contributed by atoms with Gasteiger partial charge in [0.25, 0.3) is 0 Å². The van der Waals surface area contributed by atoms with Gasteiger partial charge in [-0.2, -0.15) is 0 Å². The Morgan fingerprint density at radius 1 is 1.12 bits per heavy atom. The molecule has 2 aliphatic rings. The lowest BCUT2D eigenvalue weighted by Crippen LogP contribution is -2.57. The second-order valence-electron chi connectivity index (χ2n) is 5.31. The maximum absolute atomic E-state index is 12.3. The molecule has 2 rings (SSSR count). The smallest absolute Gasteiger partial charge is 0.241 e. The first kappa shape index (κ1) is 12.8. The van der Waals surface area contributed by atoms with Crippen LogP contribution in [0.5, 0.6) is 0 Å². The van der Waals surface area contributed by atoms with E-state index in [9.17, 15) is 4.79 Å². The summed E-state index contributed by atoms with van der Waals surface area (Å²) < 4.78 is 0. The number of likely N-dealkylation sites (N-methyl/N-ethyl adjacent to an activating group) is 1. The van der Waals surface area contributed by atoms with E-state index in [0.717, 1.165) is 19.6 Å². The summed E-state index contributed by atoms with van der Waals surface area (Å²) in [7, 11) is 1.98. The van der Waals surface area contributed by atoms with Gasteiger partial charge in [-0.25, -0.2) is 0 Å². The van der Waals surface area contributed by atoms with Crippen molar-refractivity contribution in [3.05, 3.63) is 0 Å². The number of nitrogens with zero attached hydrogens (tertiary/aromatic N) is 1. The highest BCUT2D eigenvalue weighted by molar-refractivity contribution is 5.82. The number of amides is 1. The molecule has 1 saturated carbocycles. The summed E-state index contributed by atoms with van der Waals surface area (Å²) in [4.78, 5) is 14.3. The molecule has 98 valence electrons. The number of rotatable bonds is 2. The van der Waals surface area contributed by atoms with Crippen molar-refractivity contribution >= 4 is 5.91 Å². The third-order valence-corrected chi connectivity index (χ3v) is 4.06. The van der Waals surface area contributed by atoms with Gasteiger partial charge in [-0.05, 0) is 12.8 Å². The predicted octanol–water partition coefficient (Wildman–Crippen LogP) is 0.729. The van der Waals surface area contributed by atoms with Crippen LogP contribution in [0.2, 0.25) is 0 Å². The molecule has 17 heavy (non-hydrogen) atoms. The monoisotopic (exact) mass is 239 g/mol. The van der Waals surface area contributed by atoms with Gasteiger partial charge in [-0.1, -0.05) is 25.7 Å². The van der Waals surface area contributed by atoms with Crippen LogP contribution in [-0.4, -0.2) is 49.6 Å². The zero-order valence-corrected chi connectivity index (χ0v) is 10.9. The molecule has 0 aromatic heterocycles. The van der Waals surface area contributed by atoms with Crippen molar-refractivity contribution < 1.29 is 4.79 Å². The van der Waals surface area contributed by atoms with Crippen molar-refractivity contribution in [3.63, 3.8) is 0 Å². The number of piperazine rings is 1. The summed E-state index contributed by atoms with van der Waals surface area (Å²) >= 11 is 0. The van der Waals surface area contributed by atoms with Crippen LogP contribution in [0.15, 0.2) is 0 Å². The Bertz CT molecular complexity index is 243. The number of hydrogen-bond donors (Lipinski definition) is 2. The fourth-order valence-electron chi connectivity index (χ4n) is 2.90. The minimum atomic E-state index is -0.0167. The third kappa shape index (κ3) is 3.42. The molecule has 0 radical (unpaired) electrons. The van der Waals surface area contributed by atoms with Gasteiger partial charge in [0, 0.05) is 32.7 Å². The topological polar surface area (TPSA) is 44.4 Å². The minimum absolute atomic E-state index is 0.0167. The van der Waals surface area contributed by atoms with Crippen LogP contribution >= 0.6 is 0 Å². The maximum atomic E-state index is 12.3. The first-order valence-electron chi connectivity index (χ1n) is 7.00. The van der Waals surface area contributed by atoms with Crippen LogP contribution in [0.1, 0.15) is 38.5 Å². The molecule has 1 aliphatic carbocycles. The highest BCUT2D eigenvalue weighted by atomic mass is 16.2. The van der Waals surface area contributed by atoms with Crippen molar-refractivity contribution in [2.75, 3.05) is 26.7 Å². The molecule has 1 atom stereocenters. The zero-order valence-electron chi connectivity index (χ0n) is 10.9. The van der Waals surface area contributed by atoms with E-state index in [4.69, 9.17) is 0 Å². The molecule has 1 heterocycles. The molecule has 2 N–H and O–H groups in total. The first-order valence-corrected chi connectivity index (χ1v) is 7.00. The molecule has 2 fully saturated rings. The lowest BCUT2D eigenvalue weighted by atomic mass is 10.1. The molecular weight excluding hydrogens is 214 g/mol. The van der Waals surface area contributed by atoms with Crippen LogP contribution in [0.4, 0.5) is 0 Å². The van der Waals surface area contributed by atoms with Crippen LogP contribution in [0.3, 0.4) is 0 Å². The molecule has 1 amide bonds. The molecule has 1 aliphatic heterocycles. The third-order valence-electron chi connectivity index (χ3n) is 4.06. The van der Waals surface area contributed by atoms with Crippen molar-refractivity contribution in [1.29, 1.82) is 0 Å². The summed E-state index contributed by atoms with van der Waals surface area (Å²) in [5.74, 6) is 0.268. The van der Waals surface area contributed by atoms with Crippen molar-refractivity contribution in [2.45, 2.75) is 50.6 Å². The maximum Gasteiger partial charge on any atom is 0.241 e. The highest BCUT2D eigenvalue weighted by Gasteiger charge is 2.27. The summed E-state index contributed by atoms with van der Waals surface area (Å²) in [5.41, 5.74) is 0. The molecule has 0 bridgehead atoms. The zero-order chi connectivity index (χ0) is 12.1. The van der Waals surface area contributed by atoms with E-state index in [1.807, 2.05) is 11.9 Å². The van der Waals surface area contributed by atoms with E-state index >= 15 is 0 Å². The molecule has 0 aromatic carbocycles. The highest BCUT2D eigenvalue weighted by Crippen LogP contribution is 2.21. The molecule has 0 aromatic rings. The SMILES string of the molecule is CN(C(=O)C1CNCCN1)C1CCCCCC1. The first-order chi connectivity index (χ1) is 8.29. The summed E-state index contributed by atoms with van der Waals surface area (Å²) in [5, 5.41) is 6.58. The summed E-state index contributed by atoms with van der Waals surface area (Å²) in [6.07, 6.45) is 7.59. The second-order valence-corrected chi connectivity index (χ2v) is 5.31. The molecule has 0 spiro atoms. The van der Waals surface area contributed by atoms with Gasteiger partial charge in [0.05, 0.1) is 6.04 Å². The van der Waals surface area contributed by atoms with Crippen molar-refractivity contribution in [1.82, 2.24) is 15.5 Å². The lowest BCUT2D eigenvalue weighted by Gasteiger charge is -2.33. The van der Waals surface area contributed by atoms with E-state index in [0.29, 0.717) is 6.04 Å². The van der Waals surface area contributed by atoms with Crippen LogP contribution in [0.25, 0.3) is 0 Å². The van der Waals surface area contributed by atoms with E-state index in [2.05, 4.69) is 10.6 Å². The standard InChI is InChI=1S/C13H25N3O/c1-16(11-6-4-2-3-5-7-11)13(17)12-10-14-8-9-15-12/h11-12,14-15H,2-10H2,1H3. The van der Waals surface area contributed by atoms with Gasteiger partial charge in [0.1, 0.15) is 0 Å². The quantitative estimate of drug-likeness (QED) is 0.698. The van der Waals surface area contributed by atoms with Gasteiger partial charge in [0.15, 0.2) is 0 Å². The van der Waals surface area contributed by atoms with Gasteiger partial charge >= 0.3 is 0 Å². The Balaban J connectivity index is 1.88. The second kappa shape index (κ2) is 6.36. The largest absolute Gasteiger partial charge is 0.341 e. The van der Waals surface area contributed by atoms with Crippen LogP contribution in [-0.2, 0) is 4.79 Å². The van der Waals surface area contributed by atoms with E-state index in [-0.39, 0.29) is 11.9 Å². The fourth-order valence-corrected chi connectivity index (χ4v) is 2.90. The van der Waals surface area contributed by atoms with Crippen molar-refractivity contribution in [3.8, 4) is 0 Å². The van der Waals surface area contributed by atoms with Crippen molar-refractivity contribution in [2.24, 2.45) is 0 Å². The van der Waals surface area contributed by atoms with Gasteiger partial charge in [-0.3, -0.25) is 4.79 Å². The number of carbonyl (C=O) groups is 1. The normalized spacial score (nSPS) is 27.5. The average molecular weight is 239 g/mol. The van der Waals surface area contributed by atoms with Gasteiger partial charge < -0.3 is 15.5 Å². The Kier molecular flexibility index (Phi) is 4.80. The Labute approximate surface area is 104 Å².